The van der Waals surface area contributed by atoms with Crippen LogP contribution in [-0.2, 0) is 25.6 Å². The van der Waals surface area contributed by atoms with Gasteiger partial charge in [-0.05, 0) is 53.9 Å². The molecule has 1 aliphatic heterocycles. The Morgan fingerprint density at radius 2 is 1.78 bits per heavy atom. The van der Waals surface area contributed by atoms with Gasteiger partial charge in [0.25, 0.3) is 5.91 Å². The number of hydrogen-bond acceptors (Lipinski definition) is 8. The average Bonchev–Trinajstić information content (AvgIpc) is 3.46. The van der Waals surface area contributed by atoms with E-state index in [4.69, 9.17) is 4.84 Å². The predicted molar refractivity (Wildman–Crippen MR) is 160 cm³/mol. The normalized spacial score (nSPS) is 17.6. The quantitative estimate of drug-likeness (QED) is 0.297. The van der Waals surface area contributed by atoms with E-state index in [0.717, 1.165) is 17.2 Å². The zero-order chi connectivity index (χ0) is 32.9. The molecule has 4 rings (SSSR count). The van der Waals surface area contributed by atoms with Gasteiger partial charge in [-0.15, -0.1) is 0 Å². The summed E-state index contributed by atoms with van der Waals surface area (Å²) in [5.41, 5.74) is 0.683. The van der Waals surface area contributed by atoms with Crippen molar-refractivity contribution in [3.8, 4) is 0 Å². The van der Waals surface area contributed by atoms with Gasteiger partial charge >= 0.3 is 6.18 Å². The Kier molecular flexibility index (Phi) is 10.5. The topological polar surface area (TPSA) is 129 Å². The number of rotatable bonds is 11. The molecule has 45 heavy (non-hydrogen) atoms. The van der Waals surface area contributed by atoms with Crippen LogP contribution in [0.15, 0.2) is 71.8 Å². The number of carbonyl (C=O) groups excluding carboxylic acids is 2. The smallest absolute Gasteiger partial charge is 0.394 e. The van der Waals surface area contributed by atoms with Gasteiger partial charge in [-0.1, -0.05) is 31.2 Å². The van der Waals surface area contributed by atoms with Crippen LogP contribution >= 0.6 is 0 Å². The van der Waals surface area contributed by atoms with Crippen LogP contribution in [0.2, 0.25) is 0 Å². The first kappa shape index (κ1) is 33.9. The maximum atomic E-state index is 13.1. The standard InChI is InChI=1S/C31H35F3N4O6S/c1-4-45(42,43)26-12-7-21(8-13-26)27(19-39)36-30(41)22-9-14-28(35-17-22)38-18-23(15-25(38)16-29(40)37(2)44-3)20-5-10-24(11-6-20)31(32,33)34/h5-14,17,23,25,27,39H,4,15-16,18-19H2,1-3H3,(H,36,41)/t23?,25-,27-/m0/s1. The Morgan fingerprint density at radius 1 is 1.11 bits per heavy atom. The summed E-state index contributed by atoms with van der Waals surface area (Å²) in [6.45, 7) is 1.50. The van der Waals surface area contributed by atoms with Crippen molar-refractivity contribution < 1.29 is 41.1 Å². The Bertz CT molecular complexity index is 1580. The maximum Gasteiger partial charge on any atom is 0.416 e. The zero-order valence-electron chi connectivity index (χ0n) is 25.0. The van der Waals surface area contributed by atoms with Crippen LogP contribution in [0.1, 0.15) is 58.8 Å². The molecule has 3 atom stereocenters. The van der Waals surface area contributed by atoms with Gasteiger partial charge in [0.05, 0.1) is 41.5 Å². The summed E-state index contributed by atoms with van der Waals surface area (Å²) in [7, 11) is -0.541. The number of aromatic nitrogens is 1. The number of aliphatic hydroxyl groups is 1. The van der Waals surface area contributed by atoms with Crippen molar-refractivity contribution in [1.82, 2.24) is 15.4 Å². The fourth-order valence-electron chi connectivity index (χ4n) is 5.25. The molecule has 2 amide bonds. The van der Waals surface area contributed by atoms with Gasteiger partial charge in [-0.25, -0.2) is 18.5 Å². The van der Waals surface area contributed by atoms with E-state index in [1.54, 1.807) is 19.1 Å². The SMILES string of the molecule is CCS(=O)(=O)c1ccc([C@H](CO)NC(=O)c2ccc(N3CC(c4ccc(C(F)(F)F)cc4)C[C@H]3CC(=O)N(C)OC)nc2)cc1. The van der Waals surface area contributed by atoms with Crippen molar-refractivity contribution in [2.75, 3.05) is 38.0 Å². The number of nitrogens with zero attached hydrogens (tertiary/aromatic N) is 3. The van der Waals surface area contributed by atoms with Crippen molar-refractivity contribution in [1.29, 1.82) is 0 Å². The molecule has 242 valence electrons. The molecule has 1 aromatic heterocycles. The zero-order valence-corrected chi connectivity index (χ0v) is 25.8. The Balaban J connectivity index is 1.51. The molecule has 2 heterocycles. The van der Waals surface area contributed by atoms with Crippen LogP contribution in [0.5, 0.6) is 0 Å². The number of nitrogens with one attached hydrogen (secondary N) is 1. The molecule has 0 saturated carbocycles. The number of benzene rings is 2. The van der Waals surface area contributed by atoms with Crippen LogP contribution in [0.3, 0.4) is 0 Å². The second-order valence-electron chi connectivity index (χ2n) is 10.7. The molecular weight excluding hydrogens is 613 g/mol. The van der Waals surface area contributed by atoms with Crippen LogP contribution in [0.25, 0.3) is 0 Å². The van der Waals surface area contributed by atoms with E-state index in [1.807, 2.05) is 4.90 Å². The van der Waals surface area contributed by atoms with E-state index in [-0.39, 0.29) is 40.5 Å². The van der Waals surface area contributed by atoms with E-state index in [0.29, 0.717) is 29.9 Å². The monoisotopic (exact) mass is 648 g/mol. The third kappa shape index (κ3) is 7.99. The van der Waals surface area contributed by atoms with Crippen molar-refractivity contribution in [3.63, 3.8) is 0 Å². The van der Waals surface area contributed by atoms with E-state index in [9.17, 15) is 36.3 Å². The van der Waals surface area contributed by atoms with Crippen molar-refractivity contribution in [3.05, 3.63) is 89.1 Å². The summed E-state index contributed by atoms with van der Waals surface area (Å²) >= 11 is 0. The second-order valence-corrected chi connectivity index (χ2v) is 13.0. The van der Waals surface area contributed by atoms with E-state index >= 15 is 0 Å². The second kappa shape index (κ2) is 14.0. The first-order chi connectivity index (χ1) is 21.3. The molecule has 2 N–H and O–H groups in total. The Labute approximate surface area is 259 Å². The summed E-state index contributed by atoms with van der Waals surface area (Å²) < 4.78 is 63.5. The lowest BCUT2D eigenvalue weighted by Crippen LogP contribution is -2.36. The highest BCUT2D eigenvalue weighted by atomic mass is 32.2. The molecule has 0 radical (unpaired) electrons. The van der Waals surface area contributed by atoms with E-state index in [2.05, 4.69) is 10.3 Å². The van der Waals surface area contributed by atoms with Gasteiger partial charge in [-0.2, -0.15) is 13.2 Å². The summed E-state index contributed by atoms with van der Waals surface area (Å²) in [4.78, 5) is 37.3. The number of anilines is 1. The molecule has 3 aromatic rings. The first-order valence-corrected chi connectivity index (χ1v) is 15.9. The molecule has 0 bridgehead atoms. The largest absolute Gasteiger partial charge is 0.416 e. The molecule has 0 aliphatic carbocycles. The number of sulfone groups is 1. The summed E-state index contributed by atoms with van der Waals surface area (Å²) in [6.07, 6.45) is -2.53. The minimum atomic E-state index is -4.45. The fraction of sp³-hybridized carbons (Fsp3) is 0.387. The average molecular weight is 649 g/mol. The number of amides is 2. The molecule has 10 nitrogen and oxygen atoms in total. The number of pyridine rings is 1. The number of aliphatic hydroxyl groups excluding tert-OH is 1. The Hall–Kier alpha value is -4.01. The van der Waals surface area contributed by atoms with Gasteiger partial charge in [0.1, 0.15) is 5.82 Å². The van der Waals surface area contributed by atoms with Crippen LogP contribution in [-0.4, -0.2) is 74.5 Å². The lowest BCUT2D eigenvalue weighted by molar-refractivity contribution is -0.169. The molecule has 1 aliphatic rings. The minimum Gasteiger partial charge on any atom is -0.394 e. The van der Waals surface area contributed by atoms with Gasteiger partial charge < -0.3 is 15.3 Å². The summed E-state index contributed by atoms with van der Waals surface area (Å²) in [5, 5.41) is 13.8. The van der Waals surface area contributed by atoms with Crippen molar-refractivity contribution >= 4 is 27.5 Å². The third-order valence-corrected chi connectivity index (χ3v) is 9.72. The van der Waals surface area contributed by atoms with Crippen LogP contribution in [0.4, 0.5) is 19.0 Å². The number of halogens is 3. The minimum absolute atomic E-state index is 0.0517. The van der Waals surface area contributed by atoms with Gasteiger partial charge in [0.2, 0.25) is 5.91 Å². The molecule has 1 unspecified atom stereocenters. The number of carbonyl (C=O) groups is 2. The number of hydroxylamine groups is 2. The molecule has 1 fully saturated rings. The fourth-order valence-corrected chi connectivity index (χ4v) is 6.13. The van der Waals surface area contributed by atoms with Crippen LogP contribution in [0, 0.1) is 0 Å². The molecule has 1 saturated heterocycles. The molecular formula is C31H35F3N4O6S. The van der Waals surface area contributed by atoms with Gasteiger partial charge in [0, 0.05) is 38.2 Å². The highest BCUT2D eigenvalue weighted by Crippen LogP contribution is 2.37. The number of hydrogen-bond donors (Lipinski definition) is 2. The highest BCUT2D eigenvalue weighted by molar-refractivity contribution is 7.91. The lowest BCUT2D eigenvalue weighted by Gasteiger charge is -2.26. The van der Waals surface area contributed by atoms with Crippen molar-refractivity contribution in [2.24, 2.45) is 0 Å². The van der Waals surface area contributed by atoms with Crippen molar-refractivity contribution in [2.45, 2.75) is 48.8 Å². The van der Waals surface area contributed by atoms with Crippen LogP contribution < -0.4 is 10.2 Å². The lowest BCUT2D eigenvalue weighted by atomic mass is 9.94. The van der Waals surface area contributed by atoms with E-state index < -0.39 is 40.1 Å². The Morgan fingerprint density at radius 3 is 2.31 bits per heavy atom. The highest BCUT2D eigenvalue weighted by Gasteiger charge is 2.37. The van der Waals surface area contributed by atoms with Gasteiger partial charge in [-0.3, -0.25) is 14.4 Å². The molecule has 14 heteroatoms. The first-order valence-electron chi connectivity index (χ1n) is 14.2. The third-order valence-electron chi connectivity index (χ3n) is 7.97. The maximum absolute atomic E-state index is 13.1. The molecule has 2 aromatic carbocycles. The summed E-state index contributed by atoms with van der Waals surface area (Å²) in [5.74, 6) is -0.552. The molecule has 0 spiro atoms. The predicted octanol–water partition coefficient (Wildman–Crippen LogP) is 4.13. The summed E-state index contributed by atoms with van der Waals surface area (Å²) in [6, 6.07) is 13.0. The van der Waals surface area contributed by atoms with Gasteiger partial charge in [0.15, 0.2) is 9.84 Å². The number of alkyl halides is 3. The van der Waals surface area contributed by atoms with E-state index in [1.165, 1.54) is 56.8 Å².